The minimum Gasteiger partial charge on any atom is -0.493 e. The van der Waals surface area contributed by atoms with Crippen LogP contribution in [0.15, 0.2) is 72.4 Å². The highest BCUT2D eigenvalue weighted by atomic mass is 19.4. The highest BCUT2D eigenvalue weighted by Crippen LogP contribution is 2.34. The van der Waals surface area contributed by atoms with Crippen LogP contribution in [0.25, 0.3) is 0 Å². The Labute approximate surface area is 252 Å². The largest absolute Gasteiger partial charge is 0.493 e. The summed E-state index contributed by atoms with van der Waals surface area (Å²) >= 11 is 0. The van der Waals surface area contributed by atoms with E-state index in [-0.39, 0.29) is 29.3 Å². The lowest BCUT2D eigenvalue weighted by Crippen LogP contribution is -2.41. The third kappa shape index (κ3) is 7.36. The number of rotatable bonds is 9. The molecule has 232 valence electrons. The van der Waals surface area contributed by atoms with Crippen LogP contribution >= 0.6 is 0 Å². The van der Waals surface area contributed by atoms with Crippen molar-refractivity contribution in [3.63, 3.8) is 0 Å². The third-order valence-corrected chi connectivity index (χ3v) is 7.19. The molecular weight excluding hydrogens is 580 g/mol. The maximum Gasteiger partial charge on any atom is 0.419 e. The molecule has 3 N–H and O–H groups in total. The van der Waals surface area contributed by atoms with E-state index in [4.69, 9.17) is 14.9 Å². The van der Waals surface area contributed by atoms with Crippen LogP contribution in [0.3, 0.4) is 0 Å². The first-order valence-electron chi connectivity index (χ1n) is 13.6. The number of benzene rings is 3. The molecule has 12 heteroatoms. The molecule has 1 heterocycles. The number of hydrogen-bond donors (Lipinski definition) is 3. The molecule has 0 aromatic heterocycles. The molecule has 0 unspecified atom stereocenters. The van der Waals surface area contributed by atoms with Crippen molar-refractivity contribution in [2.75, 3.05) is 26.1 Å². The van der Waals surface area contributed by atoms with Crippen LogP contribution in [0, 0.1) is 11.2 Å². The highest BCUT2D eigenvalue weighted by Gasteiger charge is 2.34. The van der Waals surface area contributed by atoms with Crippen molar-refractivity contribution in [1.82, 2.24) is 10.2 Å². The van der Waals surface area contributed by atoms with E-state index in [1.54, 1.807) is 42.3 Å². The molecular formula is C32H32F4N4O4. The molecule has 44 heavy (non-hydrogen) atoms. The van der Waals surface area contributed by atoms with Gasteiger partial charge in [-0.2, -0.15) is 13.2 Å². The zero-order chi connectivity index (χ0) is 32.2. The number of alkyl halides is 3. The summed E-state index contributed by atoms with van der Waals surface area (Å²) in [6.45, 7) is 4.55. The summed E-state index contributed by atoms with van der Waals surface area (Å²) in [6, 6.07) is 14.5. The van der Waals surface area contributed by atoms with Gasteiger partial charge in [0.05, 0.1) is 30.9 Å². The Bertz CT molecular complexity index is 1600. The summed E-state index contributed by atoms with van der Waals surface area (Å²) < 4.78 is 63.5. The first-order chi connectivity index (χ1) is 20.7. The van der Waals surface area contributed by atoms with Crippen LogP contribution < -0.4 is 20.1 Å². The lowest BCUT2D eigenvalue weighted by molar-refractivity contribution is -0.140. The second-order valence-corrected chi connectivity index (χ2v) is 10.7. The van der Waals surface area contributed by atoms with E-state index < -0.39 is 29.0 Å². The van der Waals surface area contributed by atoms with Gasteiger partial charge < -0.3 is 30.4 Å². The number of hydrogen-bond acceptors (Lipinski definition) is 6. The molecule has 0 spiro atoms. The normalized spacial score (nSPS) is 13.7. The number of methoxy groups -OCH3 is 2. The van der Waals surface area contributed by atoms with Crippen molar-refractivity contribution in [3.05, 3.63) is 101 Å². The lowest BCUT2D eigenvalue weighted by atomic mass is 9.93. The van der Waals surface area contributed by atoms with Gasteiger partial charge in [-0.3, -0.25) is 9.59 Å². The number of halogens is 4. The van der Waals surface area contributed by atoms with Gasteiger partial charge in [0.2, 0.25) is 0 Å². The molecule has 0 fully saturated rings. The average molecular weight is 613 g/mol. The van der Waals surface area contributed by atoms with Crippen LogP contribution in [0.5, 0.6) is 11.5 Å². The predicted octanol–water partition coefficient (Wildman–Crippen LogP) is 6.27. The van der Waals surface area contributed by atoms with Crippen LogP contribution in [-0.4, -0.2) is 43.2 Å². The van der Waals surface area contributed by atoms with E-state index in [0.717, 1.165) is 17.2 Å². The maximum atomic E-state index is 13.6. The summed E-state index contributed by atoms with van der Waals surface area (Å²) in [5, 5.41) is 13.5. The summed E-state index contributed by atoms with van der Waals surface area (Å²) in [5.74, 6) is -1.38. The van der Waals surface area contributed by atoms with E-state index in [2.05, 4.69) is 10.6 Å². The average Bonchev–Trinajstić information content (AvgIpc) is 2.98. The number of anilines is 1. The molecule has 4 rings (SSSR count). The first kappa shape index (κ1) is 32.1. The molecule has 3 aromatic carbocycles. The van der Waals surface area contributed by atoms with Gasteiger partial charge in [0.15, 0.2) is 11.5 Å². The predicted molar refractivity (Wildman–Crippen MR) is 157 cm³/mol. The summed E-state index contributed by atoms with van der Waals surface area (Å²) in [5.41, 5.74) is -0.345. The van der Waals surface area contributed by atoms with Gasteiger partial charge in [-0.15, -0.1) is 0 Å². The minimum atomic E-state index is -4.92. The number of nitrogens with one attached hydrogen (secondary N) is 3. The van der Waals surface area contributed by atoms with Crippen molar-refractivity contribution in [2.24, 2.45) is 0 Å². The van der Waals surface area contributed by atoms with Crippen molar-refractivity contribution in [1.29, 1.82) is 5.41 Å². The zero-order valence-electron chi connectivity index (χ0n) is 24.6. The molecule has 0 bridgehead atoms. The molecule has 8 nitrogen and oxygen atoms in total. The summed E-state index contributed by atoms with van der Waals surface area (Å²) in [6.07, 6.45) is -3.21. The first-order valence-corrected chi connectivity index (χ1v) is 13.6. The van der Waals surface area contributed by atoms with Crippen molar-refractivity contribution in [3.8, 4) is 11.5 Å². The van der Waals surface area contributed by atoms with Gasteiger partial charge in [-0.1, -0.05) is 18.2 Å². The van der Waals surface area contributed by atoms with Gasteiger partial charge in [0.25, 0.3) is 11.8 Å². The number of nitrogens with zero attached hydrogens (tertiary/aromatic N) is 1. The van der Waals surface area contributed by atoms with E-state index in [1.807, 2.05) is 26.0 Å². The van der Waals surface area contributed by atoms with Gasteiger partial charge >= 0.3 is 6.18 Å². The Balaban J connectivity index is 1.42. The number of carbonyl (C=O) groups is 2. The SMILES string of the molecule is COc1ccc(C(C)(C)NC(=O)c2ccc(CN3C=C(C(=O)Nc4ccc(F)c(C(F)(F)F)c4)C(=N)CC3)cc2)cc1OC. The van der Waals surface area contributed by atoms with E-state index in [9.17, 15) is 27.2 Å². The Morgan fingerprint density at radius 3 is 2.25 bits per heavy atom. The monoisotopic (exact) mass is 612 g/mol. The van der Waals surface area contributed by atoms with Crippen LogP contribution in [0.4, 0.5) is 23.2 Å². The zero-order valence-corrected chi connectivity index (χ0v) is 24.6. The molecule has 1 aliphatic rings. The third-order valence-electron chi connectivity index (χ3n) is 7.19. The lowest BCUT2D eigenvalue weighted by Gasteiger charge is -2.28. The fraction of sp³-hybridized carbons (Fsp3) is 0.281. The second kappa shape index (κ2) is 12.8. The molecule has 0 aliphatic carbocycles. The van der Waals surface area contributed by atoms with Gasteiger partial charge in [-0.25, -0.2) is 4.39 Å². The molecule has 1 aliphatic heterocycles. The van der Waals surface area contributed by atoms with E-state index >= 15 is 0 Å². The molecule has 2 amide bonds. The molecule has 0 saturated carbocycles. The topological polar surface area (TPSA) is 104 Å². The molecule has 3 aromatic rings. The molecule has 0 saturated heterocycles. The quantitative estimate of drug-likeness (QED) is 0.247. The van der Waals surface area contributed by atoms with Crippen LogP contribution in [0.1, 0.15) is 47.3 Å². The fourth-order valence-corrected chi connectivity index (χ4v) is 4.70. The van der Waals surface area contributed by atoms with Gasteiger partial charge in [0.1, 0.15) is 5.82 Å². The van der Waals surface area contributed by atoms with E-state index in [0.29, 0.717) is 42.3 Å². The molecule has 0 radical (unpaired) electrons. The molecule has 0 atom stereocenters. The number of ether oxygens (including phenoxy) is 2. The number of amides is 2. The minimum absolute atomic E-state index is 0.0116. The van der Waals surface area contributed by atoms with Crippen LogP contribution in [0.2, 0.25) is 0 Å². The van der Waals surface area contributed by atoms with Crippen molar-refractivity contribution < 1.29 is 36.6 Å². The highest BCUT2D eigenvalue weighted by molar-refractivity contribution is 6.24. The van der Waals surface area contributed by atoms with Gasteiger partial charge in [0, 0.05) is 42.7 Å². The smallest absolute Gasteiger partial charge is 0.419 e. The van der Waals surface area contributed by atoms with Crippen molar-refractivity contribution >= 4 is 23.2 Å². The Hall–Kier alpha value is -4.87. The number of carbonyl (C=O) groups excluding carboxylic acids is 2. The van der Waals surface area contributed by atoms with Crippen molar-refractivity contribution in [2.45, 2.75) is 38.5 Å². The summed E-state index contributed by atoms with van der Waals surface area (Å²) in [4.78, 5) is 27.7. The Morgan fingerprint density at radius 2 is 1.61 bits per heavy atom. The Morgan fingerprint density at radius 1 is 0.932 bits per heavy atom. The summed E-state index contributed by atoms with van der Waals surface area (Å²) in [7, 11) is 3.09. The Kier molecular flexibility index (Phi) is 9.31. The van der Waals surface area contributed by atoms with Gasteiger partial charge in [-0.05, 0) is 67.4 Å². The fourth-order valence-electron chi connectivity index (χ4n) is 4.70. The second-order valence-electron chi connectivity index (χ2n) is 10.7. The van der Waals surface area contributed by atoms with E-state index in [1.165, 1.54) is 13.3 Å². The maximum absolute atomic E-state index is 13.6. The standard InChI is InChI=1S/C32H32F4N4O4/c1-31(2,21-9-12-27(43-3)28(15-21)44-4)39-29(41)20-7-5-19(6-8-20)17-40-14-13-26(37)23(18-40)30(42)38-22-10-11-25(33)24(16-22)32(34,35)36/h5-12,15-16,18,37H,13-14,17H2,1-4H3,(H,38,42)(H,39,41). The van der Waals surface area contributed by atoms with Crippen LogP contribution in [-0.2, 0) is 23.1 Å².